The molecule has 5 saturated heterocycles. The number of nitrogen functional groups attached to an aromatic ring is 4. The van der Waals surface area contributed by atoms with Gasteiger partial charge < -0.3 is 123 Å². The fourth-order valence-corrected chi connectivity index (χ4v) is 18.6. The Balaban J connectivity index is 0.793. The van der Waals surface area contributed by atoms with Crippen molar-refractivity contribution in [3.05, 3.63) is 96.8 Å². The Labute approximate surface area is 710 Å². The number of fused-ring (bicyclic) bond motifs is 3. The van der Waals surface area contributed by atoms with E-state index in [1.807, 2.05) is 0 Å². The highest BCUT2D eigenvalue weighted by Gasteiger charge is 2.58. The van der Waals surface area contributed by atoms with Crippen molar-refractivity contribution in [3.63, 3.8) is 0 Å². The third-order valence-corrected chi connectivity index (χ3v) is 24.6. The Kier molecular flexibility index (Phi) is 31.5. The van der Waals surface area contributed by atoms with Crippen LogP contribution in [0.25, 0.3) is 33.5 Å². The number of aromatic amines is 2. The largest absolute Gasteiger partial charge is 0.472 e. The van der Waals surface area contributed by atoms with Crippen LogP contribution in [0.4, 0.5) is 23.4 Å². The lowest BCUT2D eigenvalue weighted by molar-refractivity contribution is -0.0837. The molecule has 0 aliphatic carbocycles. The number of imidazole rings is 3. The maximum absolute atomic E-state index is 15.2. The molecule has 23 atom stereocenters. The zero-order valence-corrected chi connectivity index (χ0v) is 72.0. The minimum atomic E-state index is -5.81. The molecule has 125 heavy (non-hydrogen) atoms. The summed E-state index contributed by atoms with van der Waals surface area (Å²) >= 11 is 5.62. The molecule has 13 heterocycles. The highest BCUT2D eigenvalue weighted by Crippen LogP contribution is 2.57. The van der Waals surface area contributed by atoms with Gasteiger partial charge in [-0.3, -0.25) is 74.1 Å². The number of methoxy groups -OCH3 is 5. The monoisotopic (exact) mass is 1870 g/mol. The number of ether oxygens (including phenoxy) is 15. The fourth-order valence-electron chi connectivity index (χ4n) is 14.3. The molecule has 0 amide bonds. The standard InChI is InChI=1S/C65H94N20O35P4S/c1-31-19-82(64(89)77-50(31)66)59-47(105-15-10-100-5)45(38(114-59)25-111-124(97,125)120-42-35(21-86)113-62(46(42)104-14-9-99-4)85-30-76-41-55(85)78-63(69)79-57(41)88)119-123(95,96)110-24-37-44(49(107-17-12-102-7)61(116-37)84-29-75-40-52(68)71-27-73-54(40)84)118-122(93,94)109-23-36-43(48(106-16-11-101-6)60(115-36)83-28-74-39-51(67)70-26-72-53(39)83)117-121(91,92)108-22-33-18-34(103-13-8-98-3)58(112-33)81-20-32(2)56(87)80-65(81)90/h19-20,26-30,33-38,42-49,58-62,86H,8-18,21-25H2,1-7H3,(H,91,92)(H,93,94)(H,95,96)(H,97,125)(H2,66,77,89)(H2,67,70,72)(H2,68,71,73)(H,80,87,90)(H3,69,78,79,88)/t33-,34-,35+,36+,37+,38+,42?,43?,44?,45?,46-,47-,48-,49-,58+,59+,60+,61+,62+,124?/m0/s1. The number of aromatic nitrogens is 16. The molecule has 5 fully saturated rings. The average molecular weight is 1870 g/mol. The maximum Gasteiger partial charge on any atom is 0.472 e. The smallest absolute Gasteiger partial charge is 0.394 e. The number of nitrogens with zero attached hydrogens (tertiary/aromatic N) is 14. The molecule has 690 valence electrons. The van der Waals surface area contributed by atoms with Crippen LogP contribution < -0.4 is 45.4 Å². The predicted octanol–water partition coefficient (Wildman–Crippen LogP) is -2.30. The zero-order valence-electron chi connectivity index (χ0n) is 67.6. The van der Waals surface area contributed by atoms with Crippen LogP contribution in [0.2, 0.25) is 0 Å². The number of rotatable bonds is 46. The number of phosphoric ester groups is 3. The van der Waals surface area contributed by atoms with Crippen molar-refractivity contribution in [2.45, 2.75) is 137 Å². The molecule has 8 aromatic rings. The zero-order chi connectivity index (χ0) is 89.4. The van der Waals surface area contributed by atoms with Crippen LogP contribution in [0.3, 0.4) is 0 Å². The van der Waals surface area contributed by atoms with Crippen molar-refractivity contribution >= 4 is 98.9 Å². The number of aryl methyl sites for hydroxylation is 2. The summed E-state index contributed by atoms with van der Waals surface area (Å²) < 4.78 is 188. The maximum atomic E-state index is 15.2. The van der Waals surface area contributed by atoms with E-state index in [9.17, 15) is 48.4 Å². The quantitative estimate of drug-likeness (QED) is 0.0141. The molecule has 15 N–H and O–H groups in total. The Bertz CT molecular complexity index is 5480. The first-order valence-corrected chi connectivity index (χ1v) is 45.2. The number of phosphoric acid groups is 3. The first-order valence-electron chi connectivity index (χ1n) is 38.1. The van der Waals surface area contributed by atoms with Gasteiger partial charge in [-0.25, -0.2) is 58.2 Å². The van der Waals surface area contributed by atoms with E-state index < -0.39 is 202 Å². The summed E-state index contributed by atoms with van der Waals surface area (Å²) in [5, 5.41) is 10.8. The van der Waals surface area contributed by atoms with Crippen molar-refractivity contribution in [2.24, 2.45) is 0 Å². The Hall–Kier alpha value is -7.57. The van der Waals surface area contributed by atoms with Crippen LogP contribution in [0.15, 0.2) is 63.2 Å². The van der Waals surface area contributed by atoms with Crippen LogP contribution in [0.1, 0.15) is 48.7 Å². The number of nitrogens with one attached hydrogen (secondary N) is 2. The first kappa shape index (κ1) is 95.0. The number of hydrogen-bond acceptors (Lipinski definition) is 45. The number of nitrogens with two attached hydrogens (primary N) is 4. The molecular weight excluding hydrogens is 1780 g/mol. The highest BCUT2D eigenvalue weighted by molar-refractivity contribution is 8.07. The molecule has 0 bridgehead atoms. The summed E-state index contributed by atoms with van der Waals surface area (Å²) in [7, 11) is -10.2. The van der Waals surface area contributed by atoms with E-state index in [-0.39, 0.29) is 141 Å². The summed E-state index contributed by atoms with van der Waals surface area (Å²) in [5.41, 5.74) is 21.5. The minimum Gasteiger partial charge on any atom is -0.394 e. The first-order chi connectivity index (χ1) is 59.8. The number of H-pyrrole nitrogens is 2. The van der Waals surface area contributed by atoms with E-state index in [1.165, 1.54) is 94.5 Å². The van der Waals surface area contributed by atoms with E-state index in [4.69, 9.17) is 142 Å². The number of hydrogen-bond donors (Lipinski definition) is 11. The average Bonchev–Trinajstić information content (AvgIpc) is 1.62. The molecule has 0 radical (unpaired) electrons. The van der Waals surface area contributed by atoms with E-state index in [1.54, 1.807) is 0 Å². The van der Waals surface area contributed by atoms with Crippen LogP contribution in [-0.2, 0) is 133 Å². The van der Waals surface area contributed by atoms with E-state index >= 15 is 9.13 Å². The minimum absolute atomic E-state index is 0.00399. The van der Waals surface area contributed by atoms with E-state index in [2.05, 4.69) is 54.8 Å². The van der Waals surface area contributed by atoms with Crippen LogP contribution in [0.5, 0.6) is 0 Å². The molecule has 8 unspecified atom stereocenters. The number of aliphatic hydroxyl groups excluding tert-OH is 1. The molecule has 60 heteroatoms. The molecule has 0 saturated carbocycles. The van der Waals surface area contributed by atoms with Gasteiger partial charge in [-0.2, -0.15) is 9.97 Å². The second-order valence-electron chi connectivity index (χ2n) is 28.3. The molecule has 55 nitrogen and oxygen atoms in total. The third-order valence-electron chi connectivity index (χ3n) is 20.0. The second-order valence-corrected chi connectivity index (χ2v) is 35.3. The van der Waals surface area contributed by atoms with Crippen LogP contribution >= 0.6 is 30.2 Å². The topological polar surface area (TPSA) is 709 Å². The predicted molar refractivity (Wildman–Crippen MR) is 424 cm³/mol. The van der Waals surface area contributed by atoms with Gasteiger partial charge >= 0.3 is 41.6 Å². The van der Waals surface area contributed by atoms with Gasteiger partial charge in [0.1, 0.15) is 109 Å². The molecule has 0 spiro atoms. The van der Waals surface area contributed by atoms with Crippen LogP contribution in [-0.4, -0.2) is 322 Å². The summed E-state index contributed by atoms with van der Waals surface area (Å²) in [6, 6.07) is 0. The van der Waals surface area contributed by atoms with Gasteiger partial charge in [0.25, 0.3) is 11.1 Å². The van der Waals surface area contributed by atoms with Gasteiger partial charge in [-0.05, 0) is 25.7 Å². The van der Waals surface area contributed by atoms with E-state index in [0.717, 1.165) is 21.8 Å². The van der Waals surface area contributed by atoms with Crippen molar-refractivity contribution in [1.29, 1.82) is 0 Å². The van der Waals surface area contributed by atoms with Gasteiger partial charge in [-0.1, -0.05) is 0 Å². The molecule has 8 aromatic heterocycles. The van der Waals surface area contributed by atoms with Gasteiger partial charge in [0.05, 0.1) is 124 Å². The van der Waals surface area contributed by atoms with Gasteiger partial charge in [0, 0.05) is 65.5 Å². The van der Waals surface area contributed by atoms with Gasteiger partial charge in [-0.15, -0.1) is 0 Å². The van der Waals surface area contributed by atoms with Crippen molar-refractivity contribution < 1.29 is 146 Å². The summed E-state index contributed by atoms with van der Waals surface area (Å²) in [5.74, 6) is -0.658. The van der Waals surface area contributed by atoms with Gasteiger partial charge in [0.2, 0.25) is 5.95 Å². The Morgan fingerprint density at radius 1 is 0.440 bits per heavy atom. The Morgan fingerprint density at radius 3 is 1.31 bits per heavy atom. The molecule has 0 aromatic carbocycles. The number of aliphatic hydroxyl groups is 1. The molecule has 5 aliphatic heterocycles. The number of anilines is 4. The third kappa shape index (κ3) is 22.1. The second kappa shape index (κ2) is 41.5. The highest BCUT2D eigenvalue weighted by atomic mass is 32.5. The van der Waals surface area contributed by atoms with Gasteiger partial charge in [0.15, 0.2) is 65.2 Å². The summed E-state index contributed by atoms with van der Waals surface area (Å²) in [6.45, 7) is -7.95. The van der Waals surface area contributed by atoms with Crippen LogP contribution in [0, 0.1) is 13.8 Å². The van der Waals surface area contributed by atoms with Crippen molar-refractivity contribution in [2.75, 3.05) is 158 Å². The lowest BCUT2D eigenvalue weighted by atomic mass is 10.1. The molecular formula is C65H94N20O35P4S. The molecule has 5 aliphatic rings. The van der Waals surface area contributed by atoms with Crippen molar-refractivity contribution in [3.8, 4) is 0 Å². The fraction of sp³-hybridized carbons (Fsp3) is 0.646. The molecule has 13 rings (SSSR count). The van der Waals surface area contributed by atoms with E-state index in [0.29, 0.717) is 0 Å². The lowest BCUT2D eigenvalue weighted by Crippen LogP contribution is -2.41. The SMILES string of the molecule is COCCO[C@H]1C[C@@H](COP(=O)(O)OC2[C@@H](COP(=O)(O)OC3[C@@H](COP(=O)(O)OC4[C@@H](COP(O)(=S)OC5[C@@H](CO)O[C@@H](n6cnc7c(=O)[nH]c(N)nc76)[C@H]5OCCOC)O[C@@H](n5cc(C)c(N)nc5=O)[C@H]4OCCOC)O[C@@H](n4cnc5c(N)ncnc54)[C@H]3OCCOC)O[C@@H](n3cnc4c(N)ncnc43)[C@H]2OCCOC)O[C@H]1n1cc(C)c(=O)[nH]c1=O. The summed E-state index contributed by atoms with van der Waals surface area (Å²) in [6.07, 6.45) is -21.5. The Morgan fingerprint density at radius 2 is 0.848 bits per heavy atom. The normalized spacial score (nSPS) is 28.5. The van der Waals surface area contributed by atoms with Crippen molar-refractivity contribution in [1.82, 2.24) is 77.7 Å². The lowest BCUT2D eigenvalue weighted by Gasteiger charge is -2.29. The summed E-state index contributed by atoms with van der Waals surface area (Å²) in [4.78, 5) is 143.